The Morgan fingerprint density at radius 1 is 0.667 bits per heavy atom. The van der Waals surface area contributed by atoms with Gasteiger partial charge >= 0.3 is 18.2 Å². The first-order valence-corrected chi connectivity index (χ1v) is 27.0. The quantitative estimate of drug-likeness (QED) is 0.0535. The summed E-state index contributed by atoms with van der Waals surface area (Å²) in [5.74, 6) is -2.15. The summed E-state index contributed by atoms with van der Waals surface area (Å²) in [4.78, 5) is 54.2. The van der Waals surface area contributed by atoms with Gasteiger partial charge in [-0.3, -0.25) is 9.59 Å². The Kier molecular flexibility index (Phi) is 20.4. The molecule has 3 amide bonds. The molecule has 7 unspecified atom stereocenters. The maximum absolute atomic E-state index is 14.3. The molecule has 4 N–H and O–H groups in total. The normalized spacial score (nSPS) is 29.8. The van der Waals surface area contributed by atoms with Crippen molar-refractivity contribution in [3.05, 3.63) is 108 Å². The fourth-order valence-electron chi connectivity index (χ4n) is 10.4. The van der Waals surface area contributed by atoms with Crippen LogP contribution in [0.2, 0.25) is 0 Å². The van der Waals surface area contributed by atoms with Gasteiger partial charge in [0, 0.05) is 31.2 Å². The van der Waals surface area contributed by atoms with Gasteiger partial charge in [0.15, 0.2) is 12.6 Å². The molecule has 1 aliphatic carbocycles. The number of hydrogen-bond donors (Lipinski definition) is 4. The number of amides is 3. The Morgan fingerprint density at radius 2 is 1.17 bits per heavy atom. The van der Waals surface area contributed by atoms with Crippen LogP contribution in [0.25, 0.3) is 0 Å². The summed E-state index contributed by atoms with van der Waals surface area (Å²) in [6.45, 7) is 23.9. The predicted molar refractivity (Wildman–Crippen MR) is 283 cm³/mol. The van der Waals surface area contributed by atoms with Crippen LogP contribution in [-0.4, -0.2) is 115 Å². The lowest BCUT2D eigenvalue weighted by atomic mass is 9.77. The number of benzene rings is 3. The molecule has 6 rings (SSSR count). The lowest BCUT2D eigenvalue weighted by molar-refractivity contribution is -0.316. The summed E-state index contributed by atoms with van der Waals surface area (Å²) < 4.78 is 52.2. The molecule has 2 saturated heterocycles. The first kappa shape index (κ1) is 59.1. The highest BCUT2D eigenvalue weighted by atomic mass is 16.7. The molecule has 3 aromatic carbocycles. The molecule has 3 aromatic rings. The number of nitrogens with one attached hydrogen (secondary N) is 3. The van der Waals surface area contributed by atoms with Gasteiger partial charge in [0.05, 0.1) is 24.9 Å². The zero-order valence-corrected chi connectivity index (χ0v) is 46.4. The van der Waals surface area contributed by atoms with E-state index >= 15 is 0 Å². The van der Waals surface area contributed by atoms with E-state index in [0.29, 0.717) is 19.3 Å². The molecule has 1 saturated carbocycles. The van der Waals surface area contributed by atoms with Gasteiger partial charge in [-0.15, -0.1) is 0 Å². The van der Waals surface area contributed by atoms with E-state index in [0.717, 1.165) is 23.1 Å². The van der Waals surface area contributed by atoms with Crippen LogP contribution in [0.15, 0.2) is 91.0 Å². The number of aliphatic hydroxyl groups is 1. The Morgan fingerprint density at radius 3 is 1.68 bits per heavy atom. The van der Waals surface area contributed by atoms with Crippen LogP contribution in [-0.2, 0) is 53.1 Å². The fourth-order valence-corrected chi connectivity index (χ4v) is 10.4. The highest BCUT2D eigenvalue weighted by Crippen LogP contribution is 2.44. The van der Waals surface area contributed by atoms with Crippen LogP contribution in [0.3, 0.4) is 0 Å². The SMILES string of the molecule is CCC[C@H](C)C(=O)N[C@@H]1C(OC(C)=O)[C@H](NC(=O)OC(C)(C)C)C(O[C@H]2OC(CNC(=O)OC(C)(C)C)CCC2C)C(O)[C@H]1O[C@H]1OC(COC(c2ccccc2)(c2ccccc2)c2ccccc2)[C@H](C)[C@H](C)C1C. The summed E-state index contributed by atoms with van der Waals surface area (Å²) in [5, 5.41) is 21.8. The number of aliphatic hydroxyl groups excluding tert-OH is 1. The molecule has 16 heteroatoms. The van der Waals surface area contributed by atoms with Crippen LogP contribution in [0.4, 0.5) is 9.59 Å². The minimum absolute atomic E-state index is 0.0177. The molecule has 3 fully saturated rings. The summed E-state index contributed by atoms with van der Waals surface area (Å²) in [6.07, 6.45) is -7.82. The minimum atomic E-state index is -1.62. The van der Waals surface area contributed by atoms with E-state index < -0.39 is 102 Å². The zero-order chi connectivity index (χ0) is 54.8. The maximum atomic E-state index is 14.3. The van der Waals surface area contributed by atoms with E-state index in [9.17, 15) is 24.3 Å². The van der Waals surface area contributed by atoms with Crippen molar-refractivity contribution in [3.63, 3.8) is 0 Å². The second-order valence-corrected chi connectivity index (χ2v) is 22.9. The van der Waals surface area contributed by atoms with Crippen LogP contribution >= 0.6 is 0 Å². The van der Waals surface area contributed by atoms with Gasteiger partial charge in [-0.2, -0.15) is 0 Å². The predicted octanol–water partition coefficient (Wildman–Crippen LogP) is 9.19. The summed E-state index contributed by atoms with van der Waals surface area (Å²) in [7, 11) is 0. The lowest BCUT2D eigenvalue weighted by Gasteiger charge is -2.52. The summed E-state index contributed by atoms with van der Waals surface area (Å²) in [6, 6.07) is 27.7. The van der Waals surface area contributed by atoms with Gasteiger partial charge in [0.2, 0.25) is 5.91 Å². The van der Waals surface area contributed by atoms with E-state index in [1.165, 1.54) is 6.92 Å². The van der Waals surface area contributed by atoms with Gasteiger partial charge in [0.25, 0.3) is 0 Å². The number of esters is 1. The van der Waals surface area contributed by atoms with E-state index in [2.05, 4.69) is 66.2 Å². The minimum Gasteiger partial charge on any atom is -0.458 e. The Hall–Kier alpha value is -5.10. The number of alkyl carbamates (subject to hydrolysis) is 2. The highest BCUT2D eigenvalue weighted by molar-refractivity contribution is 5.79. The summed E-state index contributed by atoms with van der Waals surface area (Å²) in [5.41, 5.74) is 0.0969. The Labute approximate surface area is 444 Å². The molecule has 0 bridgehead atoms. The van der Waals surface area contributed by atoms with Crippen LogP contribution < -0.4 is 16.0 Å². The second-order valence-electron chi connectivity index (χ2n) is 22.9. The average Bonchev–Trinajstić information content (AvgIpc) is 3.35. The fraction of sp³-hybridized carbons (Fsp3) is 0.627. The van der Waals surface area contributed by atoms with Gasteiger partial charge in [0.1, 0.15) is 47.3 Å². The van der Waals surface area contributed by atoms with Gasteiger partial charge in [-0.25, -0.2) is 9.59 Å². The third-order valence-electron chi connectivity index (χ3n) is 14.7. The van der Waals surface area contributed by atoms with E-state index in [4.69, 9.17) is 37.9 Å². The third-order valence-corrected chi connectivity index (χ3v) is 14.7. The molecule has 15 atom stereocenters. The first-order chi connectivity index (χ1) is 35.4. The molecular weight excluding hydrogens is 959 g/mol. The monoisotopic (exact) mass is 1040 g/mol. The third kappa shape index (κ3) is 15.3. The Bertz CT molecular complexity index is 2200. The molecular formula is C59H85N3O13. The summed E-state index contributed by atoms with van der Waals surface area (Å²) >= 11 is 0. The van der Waals surface area contributed by atoms with Crippen LogP contribution in [0, 0.1) is 29.6 Å². The topological polar surface area (TPSA) is 198 Å². The first-order valence-electron chi connectivity index (χ1n) is 27.0. The standard InChI is InChI=1S/C59H85N3O13/c1-14-24-35(2)52(65)61-46-49(69-40(7)63)47(62-56(67)75-58(11,12)13)51(72-53-36(3)31-32-44(70-53)33-60-55(66)74-57(8,9)10)48(64)50(46)73-54-39(6)37(4)38(5)45(71-54)34-68-59(41-25-18-15-19-26-41,42-27-20-16-21-28-42)43-29-22-17-23-30-43/h15-23,25-30,35-39,44-51,53-54,64H,14,24,31-34H2,1-13H3,(H,60,66)(H,61,65)(H,62,67)/t35-,36?,37-,38+,39?,44?,45?,46+,47-,48?,49?,50-,51?,53+,54+/m0/s1. The molecule has 0 aromatic heterocycles. The number of hydrogen-bond acceptors (Lipinski definition) is 13. The van der Waals surface area contributed by atoms with Crippen LogP contribution in [0.1, 0.15) is 132 Å². The number of ether oxygens (including phenoxy) is 8. The van der Waals surface area contributed by atoms with E-state index in [1.807, 2.05) is 75.4 Å². The van der Waals surface area contributed by atoms with Crippen molar-refractivity contribution in [2.24, 2.45) is 29.6 Å². The van der Waals surface area contributed by atoms with Crippen molar-refractivity contribution in [1.82, 2.24) is 16.0 Å². The number of carbonyl (C=O) groups excluding carboxylic acids is 4. The lowest BCUT2D eigenvalue weighted by Crippen LogP contribution is -2.75. The highest BCUT2D eigenvalue weighted by Gasteiger charge is 2.58. The van der Waals surface area contributed by atoms with Crippen molar-refractivity contribution in [1.29, 1.82) is 0 Å². The van der Waals surface area contributed by atoms with Gasteiger partial charge in [-0.05, 0) is 89.3 Å². The molecule has 16 nitrogen and oxygen atoms in total. The molecule has 3 aliphatic rings. The zero-order valence-electron chi connectivity index (χ0n) is 46.4. The van der Waals surface area contributed by atoms with Gasteiger partial charge < -0.3 is 59.0 Å². The average molecular weight is 1040 g/mol. The van der Waals surface area contributed by atoms with E-state index in [-0.39, 0.29) is 42.7 Å². The molecule has 414 valence electrons. The second kappa shape index (κ2) is 25.8. The molecule has 2 aliphatic heterocycles. The maximum Gasteiger partial charge on any atom is 0.408 e. The van der Waals surface area contributed by atoms with E-state index in [1.54, 1.807) is 48.5 Å². The number of rotatable bonds is 18. The van der Waals surface area contributed by atoms with Crippen LogP contribution in [0.5, 0.6) is 0 Å². The molecule has 0 radical (unpaired) electrons. The van der Waals surface area contributed by atoms with Crippen molar-refractivity contribution in [3.8, 4) is 0 Å². The van der Waals surface area contributed by atoms with Crippen molar-refractivity contribution in [2.75, 3.05) is 13.2 Å². The van der Waals surface area contributed by atoms with Crippen molar-refractivity contribution < 1.29 is 62.2 Å². The number of carbonyl (C=O) groups is 4. The molecule has 75 heavy (non-hydrogen) atoms. The van der Waals surface area contributed by atoms with Crippen molar-refractivity contribution >= 4 is 24.1 Å². The smallest absolute Gasteiger partial charge is 0.408 e. The van der Waals surface area contributed by atoms with Crippen molar-refractivity contribution in [2.45, 2.75) is 194 Å². The molecule has 0 spiro atoms. The van der Waals surface area contributed by atoms with Gasteiger partial charge in [-0.1, -0.05) is 139 Å². The Balaban J connectivity index is 1.39. The molecule has 2 heterocycles. The largest absolute Gasteiger partial charge is 0.458 e.